The van der Waals surface area contributed by atoms with Crippen LogP contribution in [0.3, 0.4) is 0 Å². The lowest BCUT2D eigenvalue weighted by molar-refractivity contribution is 0.585. The average molecular weight is 318 g/mol. The van der Waals surface area contributed by atoms with E-state index < -0.39 is 0 Å². The molecule has 24 heavy (non-hydrogen) atoms. The second-order valence-corrected chi connectivity index (χ2v) is 5.74. The molecule has 1 aliphatic heterocycles. The third-order valence-corrected chi connectivity index (χ3v) is 4.25. The summed E-state index contributed by atoms with van der Waals surface area (Å²) in [6.07, 6.45) is 11.1. The Balaban J connectivity index is 1.71. The smallest absolute Gasteiger partial charge is 0.122 e. The molecule has 3 aromatic rings. The molecule has 0 saturated carbocycles. The lowest BCUT2D eigenvalue weighted by Crippen LogP contribution is -2.44. The SMILES string of the molecule is C#Cc1cc(-c2ccnc(-c3cn[nH]c3)c2)[nH]c1N1CCNCC1. The van der Waals surface area contributed by atoms with Crippen molar-refractivity contribution in [1.82, 2.24) is 25.5 Å². The summed E-state index contributed by atoms with van der Waals surface area (Å²) in [6, 6.07) is 6.06. The molecule has 0 aromatic carbocycles. The van der Waals surface area contributed by atoms with Gasteiger partial charge in [-0.1, -0.05) is 5.92 Å². The Labute approximate surface area is 140 Å². The van der Waals surface area contributed by atoms with E-state index in [1.165, 1.54) is 0 Å². The van der Waals surface area contributed by atoms with E-state index in [-0.39, 0.29) is 0 Å². The molecule has 0 spiro atoms. The van der Waals surface area contributed by atoms with Crippen molar-refractivity contribution in [3.05, 3.63) is 42.4 Å². The first-order valence-electron chi connectivity index (χ1n) is 7.96. The number of pyridine rings is 1. The number of nitrogens with zero attached hydrogens (tertiary/aromatic N) is 3. The third kappa shape index (κ3) is 2.66. The highest BCUT2D eigenvalue weighted by atomic mass is 15.2. The van der Waals surface area contributed by atoms with Crippen molar-refractivity contribution < 1.29 is 0 Å². The molecular formula is C18H18N6. The Hall–Kier alpha value is -3.04. The second kappa shape index (κ2) is 6.22. The molecule has 0 aliphatic carbocycles. The van der Waals surface area contributed by atoms with Crippen molar-refractivity contribution >= 4 is 5.82 Å². The van der Waals surface area contributed by atoms with Gasteiger partial charge < -0.3 is 15.2 Å². The van der Waals surface area contributed by atoms with Crippen molar-refractivity contribution in [2.24, 2.45) is 0 Å². The number of terminal acetylenes is 1. The van der Waals surface area contributed by atoms with Crippen LogP contribution in [0.25, 0.3) is 22.5 Å². The Morgan fingerprint density at radius 1 is 1.17 bits per heavy atom. The zero-order valence-electron chi connectivity index (χ0n) is 13.2. The van der Waals surface area contributed by atoms with Gasteiger partial charge in [0.05, 0.1) is 17.5 Å². The van der Waals surface area contributed by atoms with Crippen LogP contribution in [0.4, 0.5) is 5.82 Å². The van der Waals surface area contributed by atoms with E-state index in [2.05, 4.69) is 36.3 Å². The maximum Gasteiger partial charge on any atom is 0.122 e. The minimum Gasteiger partial charge on any atom is -0.355 e. The monoisotopic (exact) mass is 318 g/mol. The Bertz CT molecular complexity index is 865. The van der Waals surface area contributed by atoms with Gasteiger partial charge in [0.2, 0.25) is 0 Å². The van der Waals surface area contributed by atoms with E-state index in [4.69, 9.17) is 6.42 Å². The highest BCUT2D eigenvalue weighted by Crippen LogP contribution is 2.29. The molecule has 0 bridgehead atoms. The quantitative estimate of drug-likeness (QED) is 0.645. The predicted molar refractivity (Wildman–Crippen MR) is 94.6 cm³/mol. The molecule has 3 N–H and O–H groups in total. The molecule has 4 heterocycles. The van der Waals surface area contributed by atoms with Gasteiger partial charge in [0.15, 0.2) is 0 Å². The van der Waals surface area contributed by atoms with Crippen LogP contribution in [-0.2, 0) is 0 Å². The number of piperazine rings is 1. The van der Waals surface area contributed by atoms with Gasteiger partial charge in [-0.3, -0.25) is 10.1 Å². The van der Waals surface area contributed by atoms with Gasteiger partial charge in [-0.05, 0) is 18.2 Å². The van der Waals surface area contributed by atoms with Gasteiger partial charge in [-0.15, -0.1) is 6.42 Å². The number of hydrogen-bond donors (Lipinski definition) is 3. The fourth-order valence-corrected chi connectivity index (χ4v) is 2.99. The summed E-state index contributed by atoms with van der Waals surface area (Å²) < 4.78 is 0. The molecule has 1 aliphatic rings. The average Bonchev–Trinajstić information content (AvgIpc) is 3.32. The van der Waals surface area contributed by atoms with Crippen LogP contribution >= 0.6 is 0 Å². The molecule has 0 atom stereocenters. The van der Waals surface area contributed by atoms with Crippen molar-refractivity contribution in [3.63, 3.8) is 0 Å². The number of H-pyrrole nitrogens is 2. The van der Waals surface area contributed by atoms with Gasteiger partial charge in [0.25, 0.3) is 0 Å². The Kier molecular flexibility index (Phi) is 3.77. The molecule has 1 fully saturated rings. The summed E-state index contributed by atoms with van der Waals surface area (Å²) >= 11 is 0. The Morgan fingerprint density at radius 3 is 2.79 bits per heavy atom. The van der Waals surface area contributed by atoms with Crippen LogP contribution < -0.4 is 10.2 Å². The van der Waals surface area contributed by atoms with E-state index in [9.17, 15) is 0 Å². The normalized spacial score (nSPS) is 14.5. The molecule has 0 amide bonds. The zero-order chi connectivity index (χ0) is 16.4. The summed E-state index contributed by atoms with van der Waals surface area (Å²) in [5.74, 6) is 3.83. The van der Waals surface area contributed by atoms with Gasteiger partial charge in [-0.25, -0.2) is 0 Å². The molecular weight excluding hydrogens is 300 g/mol. The minimum absolute atomic E-state index is 0.877. The summed E-state index contributed by atoms with van der Waals surface area (Å²) in [5, 5.41) is 10.2. The molecule has 6 nitrogen and oxygen atoms in total. The van der Waals surface area contributed by atoms with Crippen molar-refractivity contribution in [3.8, 4) is 34.9 Å². The number of aromatic amines is 2. The molecule has 4 rings (SSSR count). The van der Waals surface area contributed by atoms with Gasteiger partial charge >= 0.3 is 0 Å². The van der Waals surface area contributed by atoms with E-state index in [0.29, 0.717) is 0 Å². The third-order valence-electron chi connectivity index (χ3n) is 4.25. The molecule has 3 aromatic heterocycles. The van der Waals surface area contributed by atoms with E-state index in [1.54, 1.807) is 12.4 Å². The van der Waals surface area contributed by atoms with Crippen LogP contribution in [0.1, 0.15) is 5.56 Å². The van der Waals surface area contributed by atoms with Gasteiger partial charge in [0.1, 0.15) is 5.82 Å². The van der Waals surface area contributed by atoms with E-state index in [1.807, 2.05) is 24.4 Å². The highest BCUT2D eigenvalue weighted by molar-refractivity contribution is 5.73. The minimum atomic E-state index is 0.877. The lowest BCUT2D eigenvalue weighted by atomic mass is 10.1. The maximum atomic E-state index is 5.72. The molecule has 120 valence electrons. The van der Waals surface area contributed by atoms with Crippen LogP contribution in [0.5, 0.6) is 0 Å². The first-order valence-corrected chi connectivity index (χ1v) is 7.96. The number of nitrogens with one attached hydrogen (secondary N) is 3. The van der Waals surface area contributed by atoms with Crippen molar-refractivity contribution in [2.45, 2.75) is 0 Å². The second-order valence-electron chi connectivity index (χ2n) is 5.74. The fourth-order valence-electron chi connectivity index (χ4n) is 2.99. The molecule has 6 heteroatoms. The first-order chi connectivity index (χ1) is 11.8. The number of hydrogen-bond acceptors (Lipinski definition) is 4. The summed E-state index contributed by atoms with van der Waals surface area (Å²) in [7, 11) is 0. The topological polar surface area (TPSA) is 72.6 Å². The van der Waals surface area contributed by atoms with Crippen LogP contribution in [0.15, 0.2) is 36.8 Å². The van der Waals surface area contributed by atoms with Crippen LogP contribution in [0, 0.1) is 12.3 Å². The van der Waals surface area contributed by atoms with Gasteiger partial charge in [-0.2, -0.15) is 5.10 Å². The molecule has 0 unspecified atom stereocenters. The molecule has 0 radical (unpaired) electrons. The lowest BCUT2D eigenvalue weighted by Gasteiger charge is -2.28. The zero-order valence-corrected chi connectivity index (χ0v) is 13.2. The Morgan fingerprint density at radius 2 is 2.04 bits per heavy atom. The molecule has 1 saturated heterocycles. The number of rotatable bonds is 3. The van der Waals surface area contributed by atoms with Crippen molar-refractivity contribution in [2.75, 3.05) is 31.1 Å². The standard InChI is InChI=1S/C18H18N6/c1-2-13-9-17(23-18(13)24-7-5-19-6-8-24)14-3-4-20-16(10-14)15-11-21-22-12-15/h1,3-4,9-12,19,23H,5-8H2,(H,21,22). The summed E-state index contributed by atoms with van der Waals surface area (Å²) in [6.45, 7) is 3.84. The summed E-state index contributed by atoms with van der Waals surface area (Å²) in [5.41, 5.74) is 4.79. The van der Waals surface area contributed by atoms with Crippen LogP contribution in [0.2, 0.25) is 0 Å². The number of anilines is 1. The van der Waals surface area contributed by atoms with E-state index >= 15 is 0 Å². The predicted octanol–water partition coefficient (Wildman–Crippen LogP) is 1.86. The fraction of sp³-hybridized carbons (Fsp3) is 0.222. The highest BCUT2D eigenvalue weighted by Gasteiger charge is 2.17. The largest absolute Gasteiger partial charge is 0.355 e. The maximum absolute atomic E-state index is 5.72. The van der Waals surface area contributed by atoms with Crippen LogP contribution in [-0.4, -0.2) is 46.3 Å². The summed E-state index contributed by atoms with van der Waals surface area (Å²) in [4.78, 5) is 10.2. The van der Waals surface area contributed by atoms with Gasteiger partial charge in [0, 0.05) is 55.4 Å². The number of aromatic nitrogens is 4. The first kappa shape index (κ1) is 14.5. The van der Waals surface area contributed by atoms with Crippen molar-refractivity contribution in [1.29, 1.82) is 0 Å². The van der Waals surface area contributed by atoms with E-state index in [0.717, 1.165) is 60.1 Å².